The van der Waals surface area contributed by atoms with Crippen molar-refractivity contribution in [1.82, 2.24) is 0 Å². The summed E-state index contributed by atoms with van der Waals surface area (Å²) in [7, 11) is 0. The quantitative estimate of drug-likeness (QED) is 0.438. The molecule has 1 unspecified atom stereocenters. The second-order valence-corrected chi connectivity index (χ2v) is 4.60. The van der Waals surface area contributed by atoms with Gasteiger partial charge in [-0.15, -0.1) is 6.58 Å². The van der Waals surface area contributed by atoms with Crippen LogP contribution in [0.3, 0.4) is 0 Å². The second-order valence-electron chi connectivity index (χ2n) is 3.75. The Hall–Kier alpha value is -1.13. The lowest BCUT2D eigenvalue weighted by molar-refractivity contribution is -0.143. The highest BCUT2D eigenvalue weighted by Crippen LogP contribution is 2.28. The Morgan fingerprint density at radius 1 is 1.44 bits per heavy atom. The molecular formula is C14H17BrO3. The third-order valence-electron chi connectivity index (χ3n) is 2.34. The molecule has 0 aliphatic carbocycles. The summed E-state index contributed by atoms with van der Waals surface area (Å²) < 4.78 is 11.6. The largest absolute Gasteiger partial charge is 0.463 e. The minimum absolute atomic E-state index is 0.0753. The van der Waals surface area contributed by atoms with E-state index in [1.54, 1.807) is 0 Å². The molecule has 1 aromatic rings. The SMILES string of the molecule is C=CCC(OCCOC(C)=O)c1ccccc1Br. The Kier molecular flexibility index (Phi) is 6.68. The van der Waals surface area contributed by atoms with Gasteiger partial charge in [-0.2, -0.15) is 0 Å². The molecule has 0 fully saturated rings. The van der Waals surface area contributed by atoms with E-state index >= 15 is 0 Å². The van der Waals surface area contributed by atoms with E-state index in [-0.39, 0.29) is 18.7 Å². The molecule has 0 radical (unpaired) electrons. The molecular weight excluding hydrogens is 296 g/mol. The number of ether oxygens (including phenoxy) is 2. The molecule has 0 spiro atoms. The van der Waals surface area contributed by atoms with Crippen LogP contribution in [-0.4, -0.2) is 19.2 Å². The first kappa shape index (κ1) is 14.9. The molecule has 4 heteroatoms. The highest BCUT2D eigenvalue weighted by Gasteiger charge is 2.13. The van der Waals surface area contributed by atoms with Crippen molar-refractivity contribution in [3.63, 3.8) is 0 Å². The van der Waals surface area contributed by atoms with E-state index in [1.807, 2.05) is 30.3 Å². The van der Waals surface area contributed by atoms with Crippen molar-refractivity contribution in [3.05, 3.63) is 47.0 Å². The average molecular weight is 313 g/mol. The predicted octanol–water partition coefficient (Wildman–Crippen LogP) is 3.65. The number of esters is 1. The van der Waals surface area contributed by atoms with Gasteiger partial charge in [0, 0.05) is 11.4 Å². The maximum absolute atomic E-state index is 10.6. The van der Waals surface area contributed by atoms with Gasteiger partial charge in [-0.1, -0.05) is 40.2 Å². The molecule has 3 nitrogen and oxygen atoms in total. The number of rotatable bonds is 7. The Morgan fingerprint density at radius 2 is 2.17 bits per heavy atom. The van der Waals surface area contributed by atoms with Crippen LogP contribution >= 0.6 is 15.9 Å². The van der Waals surface area contributed by atoms with Gasteiger partial charge in [0.15, 0.2) is 0 Å². The number of halogens is 1. The molecule has 1 aromatic carbocycles. The van der Waals surface area contributed by atoms with Gasteiger partial charge in [-0.3, -0.25) is 4.79 Å². The van der Waals surface area contributed by atoms with Gasteiger partial charge < -0.3 is 9.47 Å². The minimum Gasteiger partial charge on any atom is -0.463 e. The van der Waals surface area contributed by atoms with Crippen molar-refractivity contribution in [2.24, 2.45) is 0 Å². The van der Waals surface area contributed by atoms with Crippen molar-refractivity contribution in [2.75, 3.05) is 13.2 Å². The number of hydrogen-bond acceptors (Lipinski definition) is 3. The van der Waals surface area contributed by atoms with Gasteiger partial charge in [0.25, 0.3) is 0 Å². The Balaban J connectivity index is 2.57. The third kappa shape index (κ3) is 5.02. The Morgan fingerprint density at radius 3 is 2.78 bits per heavy atom. The van der Waals surface area contributed by atoms with Crippen LogP contribution in [0, 0.1) is 0 Å². The molecule has 0 saturated carbocycles. The highest BCUT2D eigenvalue weighted by atomic mass is 79.9. The summed E-state index contributed by atoms with van der Waals surface area (Å²) in [5.74, 6) is -0.292. The predicted molar refractivity (Wildman–Crippen MR) is 74.3 cm³/mol. The third-order valence-corrected chi connectivity index (χ3v) is 3.06. The zero-order valence-electron chi connectivity index (χ0n) is 10.4. The van der Waals surface area contributed by atoms with E-state index in [9.17, 15) is 4.79 Å². The summed E-state index contributed by atoms with van der Waals surface area (Å²) in [6, 6.07) is 7.90. The maximum atomic E-state index is 10.6. The van der Waals surface area contributed by atoms with Crippen molar-refractivity contribution < 1.29 is 14.3 Å². The van der Waals surface area contributed by atoms with Crippen molar-refractivity contribution in [3.8, 4) is 0 Å². The topological polar surface area (TPSA) is 35.5 Å². The van der Waals surface area contributed by atoms with Gasteiger partial charge in [0.1, 0.15) is 6.61 Å². The van der Waals surface area contributed by atoms with Crippen molar-refractivity contribution in [2.45, 2.75) is 19.4 Å². The molecule has 0 aliphatic rings. The van der Waals surface area contributed by atoms with Gasteiger partial charge in [0.2, 0.25) is 0 Å². The van der Waals surface area contributed by atoms with E-state index in [2.05, 4.69) is 22.5 Å². The van der Waals surface area contributed by atoms with Gasteiger partial charge in [-0.05, 0) is 18.1 Å². The summed E-state index contributed by atoms with van der Waals surface area (Å²) in [4.78, 5) is 10.6. The van der Waals surface area contributed by atoms with Gasteiger partial charge >= 0.3 is 5.97 Å². The summed E-state index contributed by atoms with van der Waals surface area (Å²) >= 11 is 3.50. The normalized spacial score (nSPS) is 11.9. The summed E-state index contributed by atoms with van der Waals surface area (Å²) in [5.41, 5.74) is 1.07. The molecule has 1 atom stereocenters. The molecule has 0 aromatic heterocycles. The molecule has 0 N–H and O–H groups in total. The number of carbonyl (C=O) groups is 1. The van der Waals surface area contributed by atoms with Crippen LogP contribution in [0.15, 0.2) is 41.4 Å². The minimum atomic E-state index is -0.292. The smallest absolute Gasteiger partial charge is 0.302 e. The molecule has 0 amide bonds. The zero-order valence-corrected chi connectivity index (χ0v) is 12.0. The first-order chi connectivity index (χ1) is 8.65. The Bertz CT molecular complexity index is 404. The lowest BCUT2D eigenvalue weighted by atomic mass is 10.1. The van der Waals surface area contributed by atoms with E-state index < -0.39 is 0 Å². The van der Waals surface area contributed by atoms with E-state index in [1.165, 1.54) is 6.92 Å². The van der Waals surface area contributed by atoms with Crippen LogP contribution in [0.2, 0.25) is 0 Å². The summed E-state index contributed by atoms with van der Waals surface area (Å²) in [6.07, 6.45) is 2.45. The fourth-order valence-electron chi connectivity index (χ4n) is 1.55. The number of benzene rings is 1. The number of hydrogen-bond donors (Lipinski definition) is 0. The van der Waals surface area contributed by atoms with Crippen LogP contribution in [0.4, 0.5) is 0 Å². The zero-order chi connectivity index (χ0) is 13.4. The molecule has 0 aliphatic heterocycles. The van der Waals surface area contributed by atoms with Crippen LogP contribution in [0.5, 0.6) is 0 Å². The Labute approximate surface area is 116 Å². The maximum Gasteiger partial charge on any atom is 0.302 e. The van der Waals surface area contributed by atoms with Crippen LogP contribution in [0.25, 0.3) is 0 Å². The highest BCUT2D eigenvalue weighted by molar-refractivity contribution is 9.10. The number of carbonyl (C=O) groups excluding carboxylic acids is 1. The summed E-state index contributed by atoms with van der Waals surface area (Å²) in [5, 5.41) is 0. The van der Waals surface area contributed by atoms with Gasteiger partial charge in [0.05, 0.1) is 12.7 Å². The summed E-state index contributed by atoms with van der Waals surface area (Å²) in [6.45, 7) is 5.76. The molecule has 0 bridgehead atoms. The fourth-order valence-corrected chi connectivity index (χ4v) is 2.09. The first-order valence-corrected chi connectivity index (χ1v) is 6.54. The van der Waals surface area contributed by atoms with Crippen LogP contribution < -0.4 is 0 Å². The van der Waals surface area contributed by atoms with E-state index in [4.69, 9.17) is 9.47 Å². The molecule has 18 heavy (non-hydrogen) atoms. The van der Waals surface area contributed by atoms with E-state index in [0.29, 0.717) is 13.0 Å². The van der Waals surface area contributed by atoms with Crippen LogP contribution in [-0.2, 0) is 14.3 Å². The molecule has 0 heterocycles. The average Bonchev–Trinajstić information content (AvgIpc) is 2.34. The van der Waals surface area contributed by atoms with Crippen molar-refractivity contribution >= 4 is 21.9 Å². The van der Waals surface area contributed by atoms with Crippen molar-refractivity contribution in [1.29, 1.82) is 0 Å². The molecule has 0 saturated heterocycles. The molecule has 98 valence electrons. The fraction of sp³-hybridized carbons (Fsp3) is 0.357. The second kappa shape index (κ2) is 8.06. The lowest BCUT2D eigenvalue weighted by Gasteiger charge is -2.18. The lowest BCUT2D eigenvalue weighted by Crippen LogP contribution is -2.11. The van der Waals surface area contributed by atoms with Crippen LogP contribution in [0.1, 0.15) is 25.0 Å². The monoisotopic (exact) mass is 312 g/mol. The van der Waals surface area contributed by atoms with E-state index in [0.717, 1.165) is 10.0 Å². The molecule has 1 rings (SSSR count). The first-order valence-electron chi connectivity index (χ1n) is 5.75. The van der Waals surface area contributed by atoms with Gasteiger partial charge in [-0.25, -0.2) is 0 Å². The standard InChI is InChI=1S/C14H17BrO3/c1-3-6-14(18-10-9-17-11(2)16)12-7-4-5-8-13(12)15/h3-5,7-8,14H,1,6,9-10H2,2H3.